The molecular weight excluding hydrogens is 323 g/mol. The second-order valence-corrected chi connectivity index (χ2v) is 5.81. The number of hydrogen-bond donors (Lipinski definition) is 2. The predicted octanol–water partition coefficient (Wildman–Crippen LogP) is 2.95. The Morgan fingerprint density at radius 1 is 1.43 bits per heavy atom. The zero-order chi connectivity index (χ0) is 17.0. The van der Waals surface area contributed by atoms with Gasteiger partial charge in [0.05, 0.1) is 18.2 Å². The zero-order valence-electron chi connectivity index (χ0n) is 12.8. The van der Waals surface area contributed by atoms with E-state index in [0.717, 1.165) is 0 Å². The summed E-state index contributed by atoms with van der Waals surface area (Å²) in [4.78, 5) is 12.0. The number of halogens is 2. The van der Waals surface area contributed by atoms with Crippen LogP contribution in [0.15, 0.2) is 28.8 Å². The van der Waals surface area contributed by atoms with Crippen LogP contribution in [0.2, 0.25) is 5.22 Å². The smallest absolute Gasteiger partial charge is 0.229 e. The van der Waals surface area contributed by atoms with Crippen LogP contribution in [-0.4, -0.2) is 22.2 Å². The molecule has 2 aromatic rings. The van der Waals surface area contributed by atoms with Gasteiger partial charge in [0, 0.05) is 11.6 Å². The van der Waals surface area contributed by atoms with Crippen molar-refractivity contribution in [3.05, 3.63) is 52.1 Å². The maximum atomic E-state index is 12.9. The van der Waals surface area contributed by atoms with Crippen molar-refractivity contribution in [2.45, 2.75) is 38.8 Å². The quantitative estimate of drug-likeness (QED) is 0.847. The molecule has 0 radical (unpaired) electrons. The highest BCUT2D eigenvalue weighted by molar-refractivity contribution is 6.29. The van der Waals surface area contributed by atoms with Crippen LogP contribution in [-0.2, 0) is 11.2 Å². The molecule has 7 heteroatoms. The van der Waals surface area contributed by atoms with Gasteiger partial charge < -0.3 is 14.9 Å². The first kappa shape index (κ1) is 17.4. The fourth-order valence-corrected chi connectivity index (χ4v) is 2.50. The number of benzene rings is 1. The van der Waals surface area contributed by atoms with Crippen molar-refractivity contribution in [3.63, 3.8) is 0 Å². The number of carbonyl (C=O) groups excluding carboxylic acids is 1. The molecule has 0 aliphatic heterocycles. The molecule has 5 nitrogen and oxygen atoms in total. The van der Waals surface area contributed by atoms with Crippen molar-refractivity contribution in [1.82, 2.24) is 10.5 Å². The van der Waals surface area contributed by atoms with Gasteiger partial charge in [-0.25, -0.2) is 4.39 Å². The molecule has 2 atom stereocenters. The Morgan fingerprint density at radius 2 is 2.09 bits per heavy atom. The van der Waals surface area contributed by atoms with Crippen LogP contribution in [0.25, 0.3) is 0 Å². The van der Waals surface area contributed by atoms with Crippen molar-refractivity contribution in [1.29, 1.82) is 0 Å². The van der Waals surface area contributed by atoms with E-state index in [4.69, 9.17) is 16.1 Å². The Kier molecular flexibility index (Phi) is 5.74. The fourth-order valence-electron chi connectivity index (χ4n) is 2.26. The number of hydrogen-bond acceptors (Lipinski definition) is 4. The molecule has 1 heterocycles. The molecule has 2 rings (SSSR count). The molecule has 1 aromatic carbocycles. The number of nitrogens with zero attached hydrogens (tertiary/aromatic N) is 1. The van der Waals surface area contributed by atoms with E-state index < -0.39 is 6.10 Å². The Hall–Kier alpha value is -1.92. The molecule has 1 aromatic heterocycles. The fraction of sp³-hybridized carbons (Fsp3) is 0.375. The molecule has 2 unspecified atom stereocenters. The summed E-state index contributed by atoms with van der Waals surface area (Å²) in [5.74, 6) is -0.597. The molecule has 0 aliphatic carbocycles. The lowest BCUT2D eigenvalue weighted by Crippen LogP contribution is -2.34. The minimum Gasteiger partial charge on any atom is -0.388 e. The number of nitrogens with one attached hydrogen (secondary N) is 1. The van der Waals surface area contributed by atoms with Crippen LogP contribution in [0.1, 0.15) is 36.3 Å². The monoisotopic (exact) mass is 340 g/mol. The van der Waals surface area contributed by atoms with Gasteiger partial charge in [0.1, 0.15) is 5.82 Å². The largest absolute Gasteiger partial charge is 0.388 e. The Bertz CT molecular complexity index is 653. The van der Waals surface area contributed by atoms with E-state index >= 15 is 0 Å². The van der Waals surface area contributed by atoms with E-state index in [1.54, 1.807) is 13.8 Å². The second kappa shape index (κ2) is 7.57. The highest BCUT2D eigenvalue weighted by Crippen LogP contribution is 2.21. The van der Waals surface area contributed by atoms with Crippen molar-refractivity contribution >= 4 is 17.5 Å². The molecule has 23 heavy (non-hydrogen) atoms. The third kappa shape index (κ3) is 4.77. The second-order valence-electron chi connectivity index (χ2n) is 5.47. The van der Waals surface area contributed by atoms with Gasteiger partial charge in [0.25, 0.3) is 0 Å². The maximum Gasteiger partial charge on any atom is 0.229 e. The van der Waals surface area contributed by atoms with Crippen molar-refractivity contribution in [3.8, 4) is 0 Å². The van der Waals surface area contributed by atoms with Crippen molar-refractivity contribution < 1.29 is 18.8 Å². The van der Waals surface area contributed by atoms with Gasteiger partial charge in [-0.15, -0.1) is 0 Å². The van der Waals surface area contributed by atoms with Crippen LogP contribution in [0.5, 0.6) is 0 Å². The first-order valence-electron chi connectivity index (χ1n) is 7.20. The molecule has 2 N–H and O–H groups in total. The van der Waals surface area contributed by atoms with Crippen LogP contribution in [0.4, 0.5) is 4.39 Å². The van der Waals surface area contributed by atoms with Gasteiger partial charge >= 0.3 is 0 Å². The van der Waals surface area contributed by atoms with Gasteiger partial charge in [-0.05, 0) is 49.6 Å². The topological polar surface area (TPSA) is 75.4 Å². The summed E-state index contributed by atoms with van der Waals surface area (Å²) < 4.78 is 17.7. The molecular formula is C16H18ClFN2O3. The molecule has 0 bridgehead atoms. The van der Waals surface area contributed by atoms with Crippen LogP contribution in [0.3, 0.4) is 0 Å². The summed E-state index contributed by atoms with van der Waals surface area (Å²) in [7, 11) is 0. The summed E-state index contributed by atoms with van der Waals surface area (Å²) in [6, 6.07) is 5.36. The normalized spacial score (nSPS) is 13.6. The third-order valence-electron chi connectivity index (χ3n) is 3.51. The summed E-state index contributed by atoms with van der Waals surface area (Å²) in [5.41, 5.74) is 1.73. The lowest BCUT2D eigenvalue weighted by molar-refractivity contribution is -0.121. The molecule has 0 fully saturated rings. The summed E-state index contributed by atoms with van der Waals surface area (Å²) >= 11 is 5.82. The van der Waals surface area contributed by atoms with Gasteiger partial charge in [0.15, 0.2) is 0 Å². The van der Waals surface area contributed by atoms with Crippen molar-refractivity contribution in [2.75, 3.05) is 0 Å². The summed E-state index contributed by atoms with van der Waals surface area (Å²) in [6.07, 6.45) is -0.411. The summed E-state index contributed by atoms with van der Waals surface area (Å²) in [6.45, 7) is 3.49. The number of aromatic nitrogens is 1. The number of carbonyl (C=O) groups is 1. The van der Waals surface area contributed by atoms with Gasteiger partial charge in [0.2, 0.25) is 11.1 Å². The predicted molar refractivity (Wildman–Crippen MR) is 83.5 cm³/mol. The van der Waals surface area contributed by atoms with Crippen LogP contribution in [0, 0.1) is 12.7 Å². The average molecular weight is 341 g/mol. The van der Waals surface area contributed by atoms with Crippen LogP contribution < -0.4 is 5.32 Å². The number of amides is 1. The molecule has 0 spiro atoms. The summed E-state index contributed by atoms with van der Waals surface area (Å²) in [5, 5.41) is 16.7. The average Bonchev–Trinajstić information content (AvgIpc) is 2.79. The number of aliphatic hydroxyl groups is 1. The van der Waals surface area contributed by atoms with E-state index in [0.29, 0.717) is 23.2 Å². The SMILES string of the molecule is Cc1noc(Cl)c1CC(=O)NC(C)CC(O)c1ccc(F)cc1. The van der Waals surface area contributed by atoms with E-state index in [1.807, 2.05) is 0 Å². The number of aryl methyl sites for hydroxylation is 1. The van der Waals surface area contributed by atoms with E-state index in [-0.39, 0.29) is 29.4 Å². The highest BCUT2D eigenvalue weighted by Gasteiger charge is 2.18. The lowest BCUT2D eigenvalue weighted by Gasteiger charge is -2.18. The highest BCUT2D eigenvalue weighted by atomic mass is 35.5. The van der Waals surface area contributed by atoms with Crippen molar-refractivity contribution in [2.24, 2.45) is 0 Å². The van der Waals surface area contributed by atoms with Gasteiger partial charge in [-0.1, -0.05) is 17.3 Å². The molecule has 0 saturated heterocycles. The lowest BCUT2D eigenvalue weighted by atomic mass is 10.0. The third-order valence-corrected chi connectivity index (χ3v) is 3.81. The Balaban J connectivity index is 1.87. The minimum absolute atomic E-state index is 0.0607. The first-order valence-corrected chi connectivity index (χ1v) is 7.58. The first-order chi connectivity index (χ1) is 10.9. The minimum atomic E-state index is -0.785. The molecule has 0 aliphatic rings. The standard InChI is InChI=1S/C16H18ClFN2O3/c1-9(7-14(21)11-3-5-12(18)6-4-11)19-15(22)8-13-10(2)20-23-16(13)17/h3-6,9,14,21H,7-8H2,1-2H3,(H,19,22). The van der Waals surface area contributed by atoms with Crippen LogP contribution >= 0.6 is 11.6 Å². The van der Waals surface area contributed by atoms with Gasteiger partial charge in [-0.3, -0.25) is 4.79 Å². The number of aliphatic hydroxyl groups excluding tert-OH is 1. The molecule has 0 saturated carbocycles. The number of rotatable bonds is 6. The Labute approximate surface area is 138 Å². The molecule has 1 amide bonds. The van der Waals surface area contributed by atoms with E-state index in [1.165, 1.54) is 24.3 Å². The maximum absolute atomic E-state index is 12.9. The van der Waals surface area contributed by atoms with E-state index in [9.17, 15) is 14.3 Å². The zero-order valence-corrected chi connectivity index (χ0v) is 13.6. The Morgan fingerprint density at radius 3 is 2.65 bits per heavy atom. The molecule has 124 valence electrons. The van der Waals surface area contributed by atoms with Gasteiger partial charge in [-0.2, -0.15) is 0 Å². The van der Waals surface area contributed by atoms with E-state index in [2.05, 4.69) is 10.5 Å².